The molecule has 2 aromatic heterocycles. The zero-order valence-electron chi connectivity index (χ0n) is 15.9. The summed E-state index contributed by atoms with van der Waals surface area (Å²) in [6.45, 7) is 3.92. The highest BCUT2D eigenvalue weighted by Gasteiger charge is 2.15. The Morgan fingerprint density at radius 3 is 2.71 bits per heavy atom. The lowest BCUT2D eigenvalue weighted by molar-refractivity contribution is 0.102. The summed E-state index contributed by atoms with van der Waals surface area (Å²) in [6, 6.07) is 15.6. The van der Waals surface area contributed by atoms with Crippen molar-refractivity contribution in [2.24, 2.45) is 7.05 Å². The molecule has 0 saturated carbocycles. The van der Waals surface area contributed by atoms with Crippen LogP contribution in [0.4, 0.5) is 5.69 Å². The number of hydrogen-bond donors (Lipinski definition) is 1. The number of pyridine rings is 1. The molecule has 1 amide bonds. The minimum atomic E-state index is -0.144. The van der Waals surface area contributed by atoms with Crippen LogP contribution in [0.1, 0.15) is 21.6 Å². The quantitative estimate of drug-likeness (QED) is 0.535. The summed E-state index contributed by atoms with van der Waals surface area (Å²) in [6.07, 6.45) is 3.66. The van der Waals surface area contributed by atoms with Crippen LogP contribution in [0.2, 0.25) is 0 Å². The van der Waals surface area contributed by atoms with Gasteiger partial charge in [-0.15, -0.1) is 0 Å². The van der Waals surface area contributed by atoms with E-state index in [1.54, 1.807) is 6.20 Å². The molecule has 1 N–H and O–H groups in total. The lowest BCUT2D eigenvalue weighted by Gasteiger charge is -2.12. The molecule has 2 heterocycles. The van der Waals surface area contributed by atoms with E-state index in [2.05, 4.69) is 15.3 Å². The first-order valence-electron chi connectivity index (χ1n) is 8.95. The van der Waals surface area contributed by atoms with E-state index >= 15 is 0 Å². The van der Waals surface area contributed by atoms with Crippen molar-refractivity contribution in [3.05, 3.63) is 77.7 Å². The van der Waals surface area contributed by atoms with Crippen LogP contribution in [0.3, 0.4) is 0 Å². The topological polar surface area (TPSA) is 59.8 Å². The summed E-state index contributed by atoms with van der Waals surface area (Å²) in [5.74, 6) is -0.144. The summed E-state index contributed by atoms with van der Waals surface area (Å²) >= 11 is 1.52. The Morgan fingerprint density at radius 2 is 1.93 bits per heavy atom. The van der Waals surface area contributed by atoms with Crippen molar-refractivity contribution < 1.29 is 4.79 Å². The fraction of sp³-hybridized carbons (Fsp3) is 0.136. The second-order valence-corrected chi connectivity index (χ2v) is 7.71. The Hall–Kier alpha value is -3.12. The molecule has 0 spiro atoms. The van der Waals surface area contributed by atoms with Crippen LogP contribution in [0.25, 0.3) is 10.9 Å². The van der Waals surface area contributed by atoms with Crippen molar-refractivity contribution in [3.63, 3.8) is 0 Å². The summed E-state index contributed by atoms with van der Waals surface area (Å²) in [5, 5.41) is 4.80. The van der Waals surface area contributed by atoms with Crippen LogP contribution in [0.15, 0.2) is 71.0 Å². The molecule has 0 aliphatic heterocycles. The fourth-order valence-corrected chi connectivity index (χ4v) is 3.95. The number of nitrogens with one attached hydrogen (secondary N) is 1. The molecule has 0 aliphatic carbocycles. The van der Waals surface area contributed by atoms with Gasteiger partial charge in [-0.25, -0.2) is 4.98 Å². The Bertz CT molecular complexity index is 1180. The molecular formula is C22H20N4OS. The predicted octanol–water partition coefficient (Wildman–Crippen LogP) is 4.99. The van der Waals surface area contributed by atoms with E-state index in [0.717, 1.165) is 37.9 Å². The number of para-hydroxylation sites is 1. The van der Waals surface area contributed by atoms with Gasteiger partial charge in [0.05, 0.1) is 16.8 Å². The molecule has 5 nitrogen and oxygen atoms in total. The maximum absolute atomic E-state index is 13.1. The van der Waals surface area contributed by atoms with E-state index in [1.165, 1.54) is 11.8 Å². The number of carbonyl (C=O) groups is 1. The van der Waals surface area contributed by atoms with Crippen LogP contribution in [-0.4, -0.2) is 20.4 Å². The molecule has 4 aromatic rings. The highest BCUT2D eigenvalue weighted by Crippen LogP contribution is 2.32. The molecule has 0 atom stereocenters. The maximum Gasteiger partial charge on any atom is 0.256 e. The summed E-state index contributed by atoms with van der Waals surface area (Å²) in [7, 11) is 1.95. The van der Waals surface area contributed by atoms with Gasteiger partial charge in [0.1, 0.15) is 0 Å². The Balaban J connectivity index is 1.69. The SMILES string of the molecule is Cc1ccc2nc(C)cc(C(=O)Nc3ccccc3Sc3nccn3C)c2c1. The second kappa shape index (κ2) is 7.48. The standard InChI is InChI=1S/C22H20N4OS/c1-14-8-9-18-16(12-14)17(13-15(2)24-18)21(27)25-19-6-4-5-7-20(19)28-22-23-10-11-26(22)3/h4-13H,1-3H3,(H,25,27). The molecule has 28 heavy (non-hydrogen) atoms. The van der Waals surface area contributed by atoms with Crippen molar-refractivity contribution >= 4 is 34.3 Å². The minimum Gasteiger partial charge on any atom is -0.329 e. The van der Waals surface area contributed by atoms with Crippen LogP contribution < -0.4 is 5.32 Å². The van der Waals surface area contributed by atoms with Crippen LogP contribution >= 0.6 is 11.8 Å². The van der Waals surface area contributed by atoms with Gasteiger partial charge in [-0.2, -0.15) is 0 Å². The summed E-state index contributed by atoms with van der Waals surface area (Å²) in [5.41, 5.74) is 4.13. The molecule has 0 radical (unpaired) electrons. The van der Waals surface area contributed by atoms with E-state index in [9.17, 15) is 4.79 Å². The fourth-order valence-electron chi connectivity index (χ4n) is 3.06. The lowest BCUT2D eigenvalue weighted by atomic mass is 10.0. The van der Waals surface area contributed by atoms with Gasteiger partial charge in [0.25, 0.3) is 5.91 Å². The third kappa shape index (κ3) is 3.64. The number of imidazole rings is 1. The van der Waals surface area contributed by atoms with Crippen molar-refractivity contribution in [1.82, 2.24) is 14.5 Å². The van der Waals surface area contributed by atoms with Crippen LogP contribution in [0, 0.1) is 13.8 Å². The van der Waals surface area contributed by atoms with E-state index in [-0.39, 0.29) is 5.91 Å². The first-order chi connectivity index (χ1) is 13.5. The molecule has 0 saturated heterocycles. The smallest absolute Gasteiger partial charge is 0.256 e. The number of carbonyl (C=O) groups excluding carboxylic acids is 1. The van der Waals surface area contributed by atoms with Crippen molar-refractivity contribution in [1.29, 1.82) is 0 Å². The Morgan fingerprint density at radius 1 is 1.11 bits per heavy atom. The number of benzene rings is 2. The Kier molecular flexibility index (Phi) is 4.88. The van der Waals surface area contributed by atoms with E-state index in [0.29, 0.717) is 5.56 Å². The van der Waals surface area contributed by atoms with Gasteiger partial charge >= 0.3 is 0 Å². The van der Waals surface area contributed by atoms with E-state index in [1.807, 2.05) is 80.2 Å². The molecule has 6 heteroatoms. The Labute approximate surface area is 167 Å². The van der Waals surface area contributed by atoms with Gasteiger partial charge in [0.15, 0.2) is 5.16 Å². The molecular weight excluding hydrogens is 368 g/mol. The van der Waals surface area contributed by atoms with E-state index in [4.69, 9.17) is 0 Å². The number of fused-ring (bicyclic) bond motifs is 1. The number of hydrogen-bond acceptors (Lipinski definition) is 4. The number of amides is 1. The molecule has 0 aliphatic rings. The predicted molar refractivity (Wildman–Crippen MR) is 113 cm³/mol. The van der Waals surface area contributed by atoms with Crippen molar-refractivity contribution in [2.45, 2.75) is 23.9 Å². The molecule has 140 valence electrons. The second-order valence-electron chi connectivity index (χ2n) is 6.70. The molecule has 0 unspecified atom stereocenters. The van der Waals surface area contributed by atoms with Crippen molar-refractivity contribution in [2.75, 3.05) is 5.32 Å². The normalized spacial score (nSPS) is 11.0. The van der Waals surface area contributed by atoms with Gasteiger partial charge in [0.2, 0.25) is 0 Å². The zero-order chi connectivity index (χ0) is 19.7. The number of aromatic nitrogens is 3. The average Bonchev–Trinajstić information content (AvgIpc) is 3.07. The third-order valence-corrected chi connectivity index (χ3v) is 5.60. The van der Waals surface area contributed by atoms with Crippen molar-refractivity contribution in [3.8, 4) is 0 Å². The van der Waals surface area contributed by atoms with Crippen LogP contribution in [0.5, 0.6) is 0 Å². The monoisotopic (exact) mass is 388 g/mol. The molecule has 4 rings (SSSR count). The number of aryl methyl sites for hydroxylation is 3. The number of rotatable bonds is 4. The third-order valence-electron chi connectivity index (χ3n) is 4.45. The largest absolute Gasteiger partial charge is 0.329 e. The molecule has 2 aromatic carbocycles. The molecule has 0 bridgehead atoms. The van der Waals surface area contributed by atoms with Gasteiger partial charge in [-0.1, -0.05) is 23.8 Å². The van der Waals surface area contributed by atoms with Gasteiger partial charge in [-0.3, -0.25) is 9.78 Å². The number of anilines is 1. The zero-order valence-corrected chi connectivity index (χ0v) is 16.7. The lowest BCUT2D eigenvalue weighted by Crippen LogP contribution is -2.14. The molecule has 0 fully saturated rings. The maximum atomic E-state index is 13.1. The highest BCUT2D eigenvalue weighted by molar-refractivity contribution is 7.99. The number of nitrogens with zero attached hydrogens (tertiary/aromatic N) is 3. The first-order valence-corrected chi connectivity index (χ1v) is 9.76. The van der Waals surface area contributed by atoms with Gasteiger partial charge in [0, 0.05) is 35.4 Å². The van der Waals surface area contributed by atoms with Gasteiger partial charge in [-0.05, 0) is 55.9 Å². The first kappa shape index (κ1) is 18.3. The highest BCUT2D eigenvalue weighted by atomic mass is 32.2. The van der Waals surface area contributed by atoms with Crippen LogP contribution in [-0.2, 0) is 7.05 Å². The van der Waals surface area contributed by atoms with E-state index < -0.39 is 0 Å². The minimum absolute atomic E-state index is 0.144. The van der Waals surface area contributed by atoms with Gasteiger partial charge < -0.3 is 9.88 Å². The summed E-state index contributed by atoms with van der Waals surface area (Å²) in [4.78, 5) is 23.0. The summed E-state index contributed by atoms with van der Waals surface area (Å²) < 4.78 is 1.95. The average molecular weight is 388 g/mol.